The number of benzene rings is 1. The Morgan fingerprint density at radius 1 is 1.09 bits per heavy atom. The van der Waals surface area contributed by atoms with E-state index in [2.05, 4.69) is 11.9 Å². The van der Waals surface area contributed by atoms with Gasteiger partial charge in [-0.3, -0.25) is 13.9 Å². The third-order valence-corrected chi connectivity index (χ3v) is 8.87. The Hall–Kier alpha value is -1.99. The molecule has 1 heterocycles. The molecule has 0 saturated heterocycles. The van der Waals surface area contributed by atoms with Crippen molar-refractivity contribution in [1.29, 1.82) is 0 Å². The molecule has 0 fully saturated rings. The number of unbranched alkanes of at least 4 members (excludes halogenated alkanes) is 2. The van der Waals surface area contributed by atoms with Crippen LogP contribution in [0.1, 0.15) is 52.0 Å². The lowest BCUT2D eigenvalue weighted by atomic mass is 9.77. The molecule has 12 heteroatoms. The Morgan fingerprint density at radius 2 is 1.72 bits per heavy atom. The average Bonchev–Trinajstić information content (AvgIpc) is 3.08. The molecule has 0 amide bonds. The first-order chi connectivity index (χ1) is 14.6. The molecule has 0 unspecified atom stereocenters. The number of anilines is 1. The molecule has 32 heavy (non-hydrogen) atoms. The van der Waals surface area contributed by atoms with Crippen LogP contribution in [0.4, 0.5) is 5.69 Å². The van der Waals surface area contributed by atoms with E-state index >= 15 is 0 Å². The molecule has 2 rings (SSSR count). The average molecular weight is 506 g/mol. The minimum Gasteiger partial charge on any atom is -0.481 e. The largest absolute Gasteiger partial charge is 0.481 e. The van der Waals surface area contributed by atoms with Crippen molar-refractivity contribution in [2.24, 2.45) is 0 Å². The highest BCUT2D eigenvalue weighted by molar-refractivity contribution is 7.88. The lowest BCUT2D eigenvalue weighted by Gasteiger charge is -2.30. The highest BCUT2D eigenvalue weighted by atomic mass is 32.3. The summed E-state index contributed by atoms with van der Waals surface area (Å²) in [5, 5.41) is 12.2. The topological polar surface area (TPSA) is 158 Å². The normalized spacial score (nSPS) is 12.8. The van der Waals surface area contributed by atoms with Gasteiger partial charge >= 0.3 is 16.1 Å². The number of hydrogen-bond donors (Lipinski definition) is 4. The molecule has 0 aliphatic carbocycles. The number of carboxylic acids is 1. The number of aliphatic carboxylic acids is 1. The van der Waals surface area contributed by atoms with E-state index in [1.165, 1.54) is 12.1 Å². The minimum absolute atomic E-state index is 0.00484. The Labute approximate surface area is 191 Å². The van der Waals surface area contributed by atoms with E-state index in [0.29, 0.717) is 54.0 Å². The SMILES string of the molecule is C=C(C)C(C)(C)c1cc(S(=O)(=O)O)c2sc(S(=O)(=O)O)cc2c1NCCCCCC(=O)O. The third kappa shape index (κ3) is 5.87. The van der Waals surface area contributed by atoms with Crippen LogP contribution in [-0.4, -0.2) is 43.6 Å². The molecule has 1 aromatic heterocycles. The van der Waals surface area contributed by atoms with Crippen molar-refractivity contribution in [1.82, 2.24) is 0 Å². The van der Waals surface area contributed by atoms with Crippen molar-refractivity contribution in [2.75, 3.05) is 11.9 Å². The second-order valence-electron chi connectivity index (χ2n) is 8.09. The lowest BCUT2D eigenvalue weighted by Crippen LogP contribution is -2.21. The molecule has 0 atom stereocenters. The maximum absolute atomic E-state index is 12.1. The van der Waals surface area contributed by atoms with Gasteiger partial charge in [-0.25, -0.2) is 0 Å². The van der Waals surface area contributed by atoms with Gasteiger partial charge in [0.2, 0.25) is 0 Å². The molecule has 0 aliphatic rings. The van der Waals surface area contributed by atoms with Crippen LogP contribution in [0.2, 0.25) is 0 Å². The molecule has 178 valence electrons. The predicted octanol–water partition coefficient (Wildman–Crippen LogP) is 4.31. The Kier molecular flexibility index (Phi) is 7.78. The van der Waals surface area contributed by atoms with Crippen molar-refractivity contribution in [3.8, 4) is 0 Å². The number of nitrogens with one attached hydrogen (secondary N) is 1. The molecule has 0 saturated carbocycles. The van der Waals surface area contributed by atoms with Gasteiger partial charge in [0, 0.05) is 29.5 Å². The van der Waals surface area contributed by atoms with Crippen molar-refractivity contribution < 1.29 is 35.8 Å². The van der Waals surface area contributed by atoms with E-state index in [0.717, 1.165) is 0 Å². The Balaban J connectivity index is 2.68. The molecule has 0 radical (unpaired) electrons. The van der Waals surface area contributed by atoms with E-state index < -0.39 is 40.7 Å². The van der Waals surface area contributed by atoms with Gasteiger partial charge in [0.05, 0.1) is 4.70 Å². The number of rotatable bonds is 11. The van der Waals surface area contributed by atoms with Crippen LogP contribution in [0.15, 0.2) is 33.4 Å². The van der Waals surface area contributed by atoms with Gasteiger partial charge in [-0.1, -0.05) is 32.4 Å². The summed E-state index contributed by atoms with van der Waals surface area (Å²) in [6.07, 6.45) is 1.83. The number of carboxylic acid groups (broad SMARTS) is 1. The van der Waals surface area contributed by atoms with Crippen LogP contribution >= 0.6 is 11.3 Å². The van der Waals surface area contributed by atoms with E-state index in [4.69, 9.17) is 5.11 Å². The van der Waals surface area contributed by atoms with Gasteiger partial charge in [-0.05, 0) is 37.5 Å². The molecular weight excluding hydrogens is 478 g/mol. The van der Waals surface area contributed by atoms with Gasteiger partial charge in [-0.2, -0.15) is 16.8 Å². The second kappa shape index (κ2) is 9.48. The lowest BCUT2D eigenvalue weighted by molar-refractivity contribution is -0.137. The minimum atomic E-state index is -4.71. The van der Waals surface area contributed by atoms with Crippen molar-refractivity contribution in [3.05, 3.63) is 29.8 Å². The summed E-state index contributed by atoms with van der Waals surface area (Å²) in [7, 11) is -9.31. The zero-order valence-electron chi connectivity index (χ0n) is 18.0. The molecule has 0 bridgehead atoms. The fraction of sp³-hybridized carbons (Fsp3) is 0.450. The molecule has 1 aromatic carbocycles. The van der Waals surface area contributed by atoms with Gasteiger partial charge < -0.3 is 10.4 Å². The van der Waals surface area contributed by atoms with Crippen LogP contribution in [0.5, 0.6) is 0 Å². The van der Waals surface area contributed by atoms with Crippen molar-refractivity contribution in [3.63, 3.8) is 0 Å². The number of thiophene rings is 1. The molecular formula is C20H27NO8S3. The van der Waals surface area contributed by atoms with Crippen LogP contribution in [-0.2, 0) is 30.4 Å². The standard InChI is InChI=1S/C20H27NO8S3/c1-12(2)20(3,4)14-11-15(31(24,25)26)19-13(10-17(30-19)32(27,28)29)18(14)21-9-7-5-6-8-16(22)23/h10-11,21H,1,5-9H2,2-4H3,(H,22,23)(H,24,25,26)(H,27,28,29). The van der Waals surface area contributed by atoms with Gasteiger partial charge in [0.25, 0.3) is 10.1 Å². The van der Waals surface area contributed by atoms with Crippen LogP contribution < -0.4 is 5.32 Å². The summed E-state index contributed by atoms with van der Waals surface area (Å²) < 4.78 is 66.5. The molecule has 2 aromatic rings. The first-order valence-electron chi connectivity index (χ1n) is 9.74. The van der Waals surface area contributed by atoms with E-state index in [9.17, 15) is 30.7 Å². The van der Waals surface area contributed by atoms with Crippen LogP contribution in [0.25, 0.3) is 10.1 Å². The number of carbonyl (C=O) groups is 1. The number of allylic oxidation sites excluding steroid dienone is 1. The van der Waals surface area contributed by atoms with Crippen molar-refractivity contribution >= 4 is 53.3 Å². The fourth-order valence-electron chi connectivity index (χ4n) is 3.17. The number of hydrogen-bond acceptors (Lipinski definition) is 7. The van der Waals surface area contributed by atoms with E-state index in [1.54, 1.807) is 6.92 Å². The van der Waals surface area contributed by atoms with Crippen LogP contribution in [0, 0.1) is 0 Å². The Bertz CT molecular complexity index is 1260. The maximum atomic E-state index is 12.1. The fourth-order valence-corrected chi connectivity index (χ4v) is 5.97. The van der Waals surface area contributed by atoms with Crippen LogP contribution in [0.3, 0.4) is 0 Å². The smallest absolute Gasteiger partial charge is 0.304 e. The highest BCUT2D eigenvalue weighted by Crippen LogP contribution is 2.45. The summed E-state index contributed by atoms with van der Waals surface area (Å²) in [4.78, 5) is 10.2. The molecule has 9 nitrogen and oxygen atoms in total. The zero-order valence-corrected chi connectivity index (χ0v) is 20.5. The quantitative estimate of drug-likeness (QED) is 0.198. The van der Waals surface area contributed by atoms with E-state index in [-0.39, 0.29) is 16.5 Å². The number of fused-ring (bicyclic) bond motifs is 1. The second-order valence-corrected chi connectivity index (χ2v) is 12.2. The molecule has 0 spiro atoms. The van der Waals surface area contributed by atoms with Crippen molar-refractivity contribution in [2.45, 2.75) is 61.0 Å². The zero-order chi connectivity index (χ0) is 24.5. The van der Waals surface area contributed by atoms with Gasteiger partial charge in [0.1, 0.15) is 9.10 Å². The van der Waals surface area contributed by atoms with Gasteiger partial charge in [-0.15, -0.1) is 11.3 Å². The Morgan fingerprint density at radius 3 is 2.22 bits per heavy atom. The molecule has 0 aliphatic heterocycles. The first-order valence-corrected chi connectivity index (χ1v) is 13.4. The predicted molar refractivity (Wildman–Crippen MR) is 124 cm³/mol. The summed E-state index contributed by atoms with van der Waals surface area (Å²) in [6.45, 7) is 9.79. The maximum Gasteiger partial charge on any atom is 0.304 e. The summed E-state index contributed by atoms with van der Waals surface area (Å²) in [6, 6.07) is 2.47. The monoisotopic (exact) mass is 505 g/mol. The summed E-state index contributed by atoms with van der Waals surface area (Å²) >= 11 is 0.545. The first kappa shape index (κ1) is 26.3. The highest BCUT2D eigenvalue weighted by Gasteiger charge is 2.31. The van der Waals surface area contributed by atoms with Gasteiger partial charge in [0.15, 0.2) is 0 Å². The molecule has 4 N–H and O–H groups in total. The van der Waals surface area contributed by atoms with E-state index in [1.807, 2.05) is 13.8 Å². The third-order valence-electron chi connectivity index (χ3n) is 5.39. The summed E-state index contributed by atoms with van der Waals surface area (Å²) in [5.74, 6) is -0.873. The summed E-state index contributed by atoms with van der Waals surface area (Å²) in [5.41, 5.74) is 0.896.